The van der Waals surface area contributed by atoms with Crippen LogP contribution in [-0.4, -0.2) is 17.0 Å². The predicted molar refractivity (Wildman–Crippen MR) is 117 cm³/mol. The molecule has 0 aromatic heterocycles. The molecule has 153 valence electrons. The van der Waals surface area contributed by atoms with Gasteiger partial charge in [-0.1, -0.05) is 19.3 Å². The molecular formula is C23H39ClNiP. The van der Waals surface area contributed by atoms with Crippen LogP contribution in [0.2, 0.25) is 0 Å². The normalized spacial score (nSPS) is 22.9. The van der Waals surface area contributed by atoms with E-state index in [1.807, 2.05) is 30.3 Å². The van der Waals surface area contributed by atoms with Gasteiger partial charge in [-0.15, -0.1) is 0 Å². The molecule has 0 N–H and O–H groups in total. The Balaban J connectivity index is 0.000000295. The standard InChI is InChI=1S/C18H33P.C5H5.ClH.Ni/c1-4-10-16(11-5-1)19(17-12-6-2-7-13-17)18-14-8-3-9-15-18;1-2-4-5-3-1;;/h16-18H,1-15H2;1-5H;1H;/q;-1;;+1. The van der Waals surface area contributed by atoms with Crippen molar-refractivity contribution in [2.45, 2.75) is 113 Å². The molecule has 0 heterocycles. The van der Waals surface area contributed by atoms with Crippen LogP contribution in [0.25, 0.3) is 0 Å². The summed E-state index contributed by atoms with van der Waals surface area (Å²) in [7, 11) is 4.22. The summed E-state index contributed by atoms with van der Waals surface area (Å²) in [5, 5.41) is 0. The fourth-order valence-electron chi connectivity index (χ4n) is 5.63. The van der Waals surface area contributed by atoms with Crippen molar-refractivity contribution in [2.24, 2.45) is 0 Å². The second-order valence-corrected chi connectivity index (χ2v) is 11.9. The van der Waals surface area contributed by atoms with Gasteiger partial charge in [0.15, 0.2) is 0 Å². The average molecular weight is 441 g/mol. The fraction of sp³-hybridized carbons (Fsp3) is 0.783. The Bertz CT molecular complexity index is 344. The number of rotatable bonds is 3. The quantitative estimate of drug-likeness (QED) is 0.252. The van der Waals surface area contributed by atoms with Gasteiger partial charge in [0.2, 0.25) is 0 Å². The molecule has 0 bridgehead atoms. The molecule has 26 heavy (non-hydrogen) atoms. The Kier molecular flexibility index (Phi) is 12.8. The van der Waals surface area contributed by atoms with Crippen LogP contribution in [0.3, 0.4) is 0 Å². The van der Waals surface area contributed by atoms with Gasteiger partial charge in [0.05, 0.1) is 17.0 Å². The minimum Gasteiger partial charge on any atom is -0.214 e. The van der Waals surface area contributed by atoms with E-state index < -0.39 is 0 Å². The van der Waals surface area contributed by atoms with Crippen LogP contribution in [0.1, 0.15) is 96.3 Å². The first-order valence-electron chi connectivity index (χ1n) is 11.1. The van der Waals surface area contributed by atoms with E-state index in [1.54, 1.807) is 96.3 Å². The Labute approximate surface area is 176 Å². The Morgan fingerprint density at radius 1 is 0.577 bits per heavy atom. The van der Waals surface area contributed by atoms with Crippen LogP contribution in [-0.2, 0) is 14.6 Å². The van der Waals surface area contributed by atoms with Crippen molar-refractivity contribution in [2.75, 3.05) is 0 Å². The van der Waals surface area contributed by atoms with Gasteiger partial charge in [0.25, 0.3) is 0 Å². The van der Waals surface area contributed by atoms with Crippen LogP contribution in [0, 0.1) is 0 Å². The first kappa shape index (κ1) is 22.8. The third-order valence-electron chi connectivity index (χ3n) is 6.79. The van der Waals surface area contributed by atoms with Crippen LogP contribution < -0.4 is 0 Å². The summed E-state index contributed by atoms with van der Waals surface area (Å²) >= 11 is 3.35. The Morgan fingerprint density at radius 2 is 0.885 bits per heavy atom. The third-order valence-corrected chi connectivity index (χ3v) is 11.3. The third kappa shape index (κ3) is 7.89. The molecule has 0 spiro atoms. The number of halogens is 1. The minimum absolute atomic E-state index is 0.0465. The fourth-order valence-corrected chi connectivity index (χ4v) is 10.9. The molecule has 3 heteroatoms. The zero-order valence-corrected chi connectivity index (χ0v) is 19.2. The summed E-state index contributed by atoms with van der Waals surface area (Å²) in [5.74, 6) is 0. The summed E-state index contributed by atoms with van der Waals surface area (Å²) in [5.41, 5.74) is 3.68. The molecule has 0 atom stereocenters. The first-order valence-corrected chi connectivity index (χ1v) is 14.2. The van der Waals surface area contributed by atoms with E-state index in [0.29, 0.717) is 0 Å². The molecule has 1 aromatic rings. The van der Waals surface area contributed by atoms with Crippen molar-refractivity contribution in [1.82, 2.24) is 0 Å². The molecule has 0 saturated heterocycles. The molecule has 3 aliphatic rings. The molecule has 0 amide bonds. The van der Waals surface area contributed by atoms with E-state index in [4.69, 9.17) is 0 Å². The summed E-state index contributed by atoms with van der Waals surface area (Å²) in [4.78, 5) is 0. The van der Waals surface area contributed by atoms with Gasteiger partial charge < -0.3 is 0 Å². The van der Waals surface area contributed by atoms with E-state index in [1.165, 1.54) is 17.0 Å². The topological polar surface area (TPSA) is 0 Å². The van der Waals surface area contributed by atoms with Crippen LogP contribution >= 0.6 is 18.1 Å². The Hall–Kier alpha value is 0.564. The molecule has 3 fully saturated rings. The molecule has 0 radical (unpaired) electrons. The SMILES string of the molecule is C1CCC([PH+](C2CCCCC2)C2CCCCC2)CC1.[Cl][Ni].c1cc[cH-]c1. The van der Waals surface area contributed by atoms with Gasteiger partial charge >= 0.3 is 24.8 Å². The van der Waals surface area contributed by atoms with Crippen molar-refractivity contribution >= 4 is 18.1 Å². The molecular weight excluding hydrogens is 401 g/mol. The summed E-state index contributed by atoms with van der Waals surface area (Å²) in [6, 6.07) is 10.0. The van der Waals surface area contributed by atoms with Gasteiger partial charge in [0, 0.05) is 7.92 Å². The Morgan fingerprint density at radius 3 is 1.12 bits per heavy atom. The molecule has 0 unspecified atom stereocenters. The molecule has 4 rings (SSSR count). The smallest absolute Gasteiger partial charge is 0.172 e. The second kappa shape index (κ2) is 14.5. The summed E-state index contributed by atoms with van der Waals surface area (Å²) in [6.07, 6.45) is 23.8. The minimum atomic E-state index is -0.0465. The summed E-state index contributed by atoms with van der Waals surface area (Å²) in [6.45, 7) is 0. The maximum atomic E-state index is 4.26. The predicted octanol–water partition coefficient (Wildman–Crippen LogP) is 8.29. The molecule has 1 aromatic carbocycles. The van der Waals surface area contributed by atoms with E-state index in [-0.39, 0.29) is 7.92 Å². The molecule has 3 aliphatic carbocycles. The van der Waals surface area contributed by atoms with Crippen molar-refractivity contribution in [3.05, 3.63) is 30.3 Å². The van der Waals surface area contributed by atoms with E-state index in [2.05, 4.69) is 24.8 Å². The van der Waals surface area contributed by atoms with Gasteiger partial charge in [0.1, 0.15) is 0 Å². The molecule has 0 nitrogen and oxygen atoms in total. The van der Waals surface area contributed by atoms with Gasteiger partial charge in [-0.05, 0) is 77.0 Å². The first-order chi connectivity index (χ1) is 12.9. The van der Waals surface area contributed by atoms with E-state index in [9.17, 15) is 0 Å². The largest absolute Gasteiger partial charge is 0.214 e. The second-order valence-electron chi connectivity index (χ2n) is 8.47. The monoisotopic (exact) mass is 439 g/mol. The maximum absolute atomic E-state index is 4.26. The van der Waals surface area contributed by atoms with E-state index in [0.717, 1.165) is 0 Å². The average Bonchev–Trinajstić information content (AvgIpc) is 3.33. The van der Waals surface area contributed by atoms with Gasteiger partial charge in [-0.2, -0.15) is 18.2 Å². The van der Waals surface area contributed by atoms with Crippen molar-refractivity contribution in [3.8, 4) is 0 Å². The number of hydrogen-bond donors (Lipinski definition) is 0. The van der Waals surface area contributed by atoms with Crippen molar-refractivity contribution in [3.63, 3.8) is 0 Å². The molecule has 0 aliphatic heterocycles. The van der Waals surface area contributed by atoms with Gasteiger partial charge in [-0.25, -0.2) is 12.1 Å². The van der Waals surface area contributed by atoms with Gasteiger partial charge in [-0.3, -0.25) is 0 Å². The summed E-state index contributed by atoms with van der Waals surface area (Å²) < 4.78 is 0. The number of hydrogen-bond acceptors (Lipinski definition) is 0. The zero-order valence-electron chi connectivity index (χ0n) is 16.4. The van der Waals surface area contributed by atoms with Crippen LogP contribution in [0.15, 0.2) is 30.3 Å². The molecule has 3 saturated carbocycles. The zero-order chi connectivity index (χ0) is 18.5. The van der Waals surface area contributed by atoms with Crippen molar-refractivity contribution in [1.29, 1.82) is 0 Å². The van der Waals surface area contributed by atoms with Crippen LogP contribution in [0.5, 0.6) is 0 Å². The van der Waals surface area contributed by atoms with E-state index >= 15 is 0 Å². The van der Waals surface area contributed by atoms with Crippen molar-refractivity contribution < 1.29 is 14.6 Å². The van der Waals surface area contributed by atoms with Crippen LogP contribution in [0.4, 0.5) is 0 Å². The maximum Gasteiger partial charge on any atom is -0.172 e.